The minimum atomic E-state index is -4.46. The maximum Gasteiger partial charge on any atom is 0.416 e. The zero-order valence-corrected chi connectivity index (χ0v) is 19.5. The Bertz CT molecular complexity index is 1030. The molecule has 12 heteroatoms. The second kappa shape index (κ2) is 11.1. The topological polar surface area (TPSA) is 87.2 Å². The van der Waals surface area contributed by atoms with Gasteiger partial charge in [-0.15, -0.1) is 11.6 Å². The normalized spacial score (nSPS) is 13.1. The van der Waals surface area contributed by atoms with Gasteiger partial charge in [0, 0.05) is 5.88 Å². The van der Waals surface area contributed by atoms with Crippen LogP contribution in [0.15, 0.2) is 48.5 Å². The average molecular weight is 509 g/mol. The van der Waals surface area contributed by atoms with Crippen molar-refractivity contribution >= 4 is 33.3 Å². The molecule has 0 saturated carbocycles. The number of hydrogen-bond donors (Lipinski definition) is 1. The number of ether oxygens (including phenoxy) is 1. The van der Waals surface area contributed by atoms with Crippen molar-refractivity contribution in [2.75, 3.05) is 36.6 Å². The van der Waals surface area contributed by atoms with E-state index in [1.54, 1.807) is 7.05 Å². The molecule has 2 rings (SSSR count). The molecule has 0 spiro atoms. The molecule has 0 aliphatic carbocycles. The van der Waals surface area contributed by atoms with Crippen LogP contribution >= 0.6 is 11.6 Å². The fraction of sp³-hybridized carbons (Fsp3) is 0.381. The summed E-state index contributed by atoms with van der Waals surface area (Å²) >= 11 is 5.66. The van der Waals surface area contributed by atoms with Crippen molar-refractivity contribution in [1.29, 1.82) is 0 Å². The SMILES string of the molecule is CN(CCCCl)C(CN(c1ccc(Oc2ccc(C(F)(F)F)cc2)cc1)S(C)(=O)=O)C(=O)O. The summed E-state index contributed by atoms with van der Waals surface area (Å²) in [6, 6.07) is 8.77. The molecule has 0 saturated heterocycles. The van der Waals surface area contributed by atoms with Gasteiger partial charge in [-0.3, -0.25) is 14.0 Å². The lowest BCUT2D eigenvalue weighted by Crippen LogP contribution is -2.49. The molecule has 182 valence electrons. The number of benzene rings is 2. The molecular weight excluding hydrogens is 485 g/mol. The summed E-state index contributed by atoms with van der Waals surface area (Å²) in [7, 11) is -2.24. The number of halogens is 4. The Morgan fingerprint density at radius 2 is 1.61 bits per heavy atom. The van der Waals surface area contributed by atoms with Crippen molar-refractivity contribution in [2.45, 2.75) is 18.6 Å². The Morgan fingerprint density at radius 1 is 1.09 bits per heavy atom. The summed E-state index contributed by atoms with van der Waals surface area (Å²) in [5, 5.41) is 9.60. The minimum absolute atomic E-state index is 0.169. The second-order valence-electron chi connectivity index (χ2n) is 7.29. The van der Waals surface area contributed by atoms with Gasteiger partial charge in [0.15, 0.2) is 0 Å². The maximum atomic E-state index is 12.7. The molecule has 0 aromatic heterocycles. The van der Waals surface area contributed by atoms with E-state index < -0.39 is 33.8 Å². The van der Waals surface area contributed by atoms with Crippen molar-refractivity contribution in [2.24, 2.45) is 0 Å². The smallest absolute Gasteiger partial charge is 0.416 e. The van der Waals surface area contributed by atoms with Crippen molar-refractivity contribution in [3.05, 3.63) is 54.1 Å². The molecule has 0 amide bonds. The highest BCUT2D eigenvalue weighted by atomic mass is 35.5. The van der Waals surface area contributed by atoms with Crippen LogP contribution in [0, 0.1) is 0 Å². The zero-order chi connectivity index (χ0) is 24.8. The molecule has 2 aromatic rings. The molecule has 0 aliphatic rings. The number of rotatable bonds is 11. The molecule has 2 aromatic carbocycles. The number of carbonyl (C=O) groups is 1. The molecule has 1 N–H and O–H groups in total. The number of hydrogen-bond acceptors (Lipinski definition) is 5. The van der Waals surface area contributed by atoms with Crippen LogP contribution in [0.5, 0.6) is 11.5 Å². The van der Waals surface area contributed by atoms with Gasteiger partial charge in [0.1, 0.15) is 17.5 Å². The van der Waals surface area contributed by atoms with E-state index >= 15 is 0 Å². The summed E-state index contributed by atoms with van der Waals surface area (Å²) < 4.78 is 69.3. The number of carboxylic acids is 1. The molecule has 0 bridgehead atoms. The van der Waals surface area contributed by atoms with Crippen molar-refractivity contribution < 1.29 is 36.2 Å². The number of aliphatic carboxylic acids is 1. The summed E-state index contributed by atoms with van der Waals surface area (Å²) in [5.74, 6) is -0.404. The summed E-state index contributed by atoms with van der Waals surface area (Å²) in [5.41, 5.74) is -0.591. The van der Waals surface area contributed by atoms with E-state index in [1.165, 1.54) is 41.3 Å². The third kappa shape index (κ3) is 7.79. The van der Waals surface area contributed by atoms with Gasteiger partial charge in [-0.05, 0) is 68.5 Å². The van der Waals surface area contributed by atoms with E-state index in [1.807, 2.05) is 0 Å². The Morgan fingerprint density at radius 3 is 2.03 bits per heavy atom. The van der Waals surface area contributed by atoms with Gasteiger partial charge in [0.2, 0.25) is 10.0 Å². The largest absolute Gasteiger partial charge is 0.480 e. The van der Waals surface area contributed by atoms with E-state index in [0.717, 1.165) is 22.7 Å². The van der Waals surface area contributed by atoms with E-state index in [2.05, 4.69) is 0 Å². The van der Waals surface area contributed by atoms with E-state index in [0.29, 0.717) is 18.8 Å². The lowest BCUT2D eigenvalue weighted by Gasteiger charge is -2.30. The van der Waals surface area contributed by atoms with Gasteiger partial charge in [-0.2, -0.15) is 13.2 Å². The fourth-order valence-electron chi connectivity index (χ4n) is 2.99. The highest BCUT2D eigenvalue weighted by Crippen LogP contribution is 2.32. The highest BCUT2D eigenvalue weighted by molar-refractivity contribution is 7.92. The molecule has 7 nitrogen and oxygen atoms in total. The molecule has 0 radical (unpaired) electrons. The average Bonchev–Trinajstić information content (AvgIpc) is 2.72. The minimum Gasteiger partial charge on any atom is -0.480 e. The van der Waals surface area contributed by atoms with Gasteiger partial charge < -0.3 is 9.84 Å². The number of nitrogens with zero attached hydrogens (tertiary/aromatic N) is 2. The van der Waals surface area contributed by atoms with Crippen LogP contribution < -0.4 is 9.04 Å². The monoisotopic (exact) mass is 508 g/mol. The Hall–Kier alpha value is -2.50. The third-order valence-corrected chi connectivity index (χ3v) is 6.17. The standard InChI is InChI=1S/C21H24ClF3N2O5S/c1-26(13-3-12-22)19(20(28)29)14-27(33(2,30)31)16-6-10-18(11-7-16)32-17-8-4-15(5-9-17)21(23,24)25/h4-11,19H,3,12-14H2,1-2H3,(H,28,29). The van der Waals surface area contributed by atoms with Crippen molar-refractivity contribution in [3.63, 3.8) is 0 Å². The Labute approximate surface area is 195 Å². The van der Waals surface area contributed by atoms with E-state index in [-0.39, 0.29) is 23.7 Å². The molecule has 1 unspecified atom stereocenters. The molecule has 0 heterocycles. The van der Waals surface area contributed by atoms with Gasteiger partial charge in [-0.1, -0.05) is 0 Å². The van der Waals surface area contributed by atoms with E-state index in [9.17, 15) is 31.5 Å². The van der Waals surface area contributed by atoms with Gasteiger partial charge >= 0.3 is 12.1 Å². The van der Waals surface area contributed by atoms with Crippen LogP contribution in [0.2, 0.25) is 0 Å². The first-order valence-corrected chi connectivity index (χ1v) is 12.1. The second-order valence-corrected chi connectivity index (χ2v) is 9.57. The third-order valence-electron chi connectivity index (χ3n) is 4.74. The van der Waals surface area contributed by atoms with E-state index in [4.69, 9.17) is 16.3 Å². The molecule has 0 aliphatic heterocycles. The first kappa shape index (κ1) is 26.7. The van der Waals surface area contributed by atoms with Crippen LogP contribution in [-0.4, -0.2) is 62.7 Å². The molecule has 33 heavy (non-hydrogen) atoms. The summed E-state index contributed by atoms with van der Waals surface area (Å²) in [4.78, 5) is 13.3. The van der Waals surface area contributed by atoms with Crippen molar-refractivity contribution in [3.8, 4) is 11.5 Å². The predicted octanol–water partition coefficient (Wildman–Crippen LogP) is 4.28. The first-order valence-electron chi connectivity index (χ1n) is 9.75. The Kier molecular flexibility index (Phi) is 8.98. The quantitative estimate of drug-likeness (QED) is 0.456. The molecule has 0 fully saturated rings. The predicted molar refractivity (Wildman–Crippen MR) is 120 cm³/mol. The lowest BCUT2D eigenvalue weighted by atomic mass is 10.2. The number of likely N-dealkylation sites (N-methyl/N-ethyl adjacent to an activating group) is 1. The maximum absolute atomic E-state index is 12.7. The van der Waals surface area contributed by atoms with Crippen LogP contribution in [0.3, 0.4) is 0 Å². The molecular formula is C21H24ClF3N2O5S. The van der Waals surface area contributed by atoms with Crippen molar-refractivity contribution in [1.82, 2.24) is 4.90 Å². The molecule has 1 atom stereocenters. The van der Waals surface area contributed by atoms with Crippen LogP contribution in [0.1, 0.15) is 12.0 Å². The van der Waals surface area contributed by atoms with Gasteiger partial charge in [0.25, 0.3) is 0 Å². The number of alkyl halides is 4. The fourth-order valence-corrected chi connectivity index (χ4v) is 4.03. The van der Waals surface area contributed by atoms with Crippen LogP contribution in [0.4, 0.5) is 18.9 Å². The summed E-state index contributed by atoms with van der Waals surface area (Å²) in [6.07, 6.45) is -2.95. The Balaban J connectivity index is 2.20. The van der Waals surface area contributed by atoms with Crippen LogP contribution in [-0.2, 0) is 21.0 Å². The first-order chi connectivity index (χ1) is 15.3. The van der Waals surface area contributed by atoms with Gasteiger partial charge in [0.05, 0.1) is 24.1 Å². The zero-order valence-electron chi connectivity index (χ0n) is 17.9. The lowest BCUT2D eigenvalue weighted by molar-refractivity contribution is -0.142. The highest BCUT2D eigenvalue weighted by Gasteiger charge is 2.31. The van der Waals surface area contributed by atoms with Crippen LogP contribution in [0.25, 0.3) is 0 Å². The number of sulfonamides is 1. The van der Waals surface area contributed by atoms with Gasteiger partial charge in [-0.25, -0.2) is 8.42 Å². The summed E-state index contributed by atoms with van der Waals surface area (Å²) in [6.45, 7) is 0.0457. The number of carboxylic acid groups (broad SMARTS) is 1. The number of anilines is 1.